The van der Waals surface area contributed by atoms with Gasteiger partial charge in [-0.1, -0.05) is 13.0 Å². The Morgan fingerprint density at radius 3 is 2.68 bits per heavy atom. The maximum absolute atomic E-state index is 13.1. The van der Waals surface area contributed by atoms with Crippen LogP contribution >= 0.6 is 0 Å². The number of nitriles is 1. The van der Waals surface area contributed by atoms with Gasteiger partial charge in [-0.25, -0.2) is 4.98 Å². The third-order valence-corrected chi connectivity index (χ3v) is 6.53. The molecule has 3 atom stereocenters. The predicted molar refractivity (Wildman–Crippen MR) is 123 cm³/mol. The highest BCUT2D eigenvalue weighted by atomic mass is 19.4. The van der Waals surface area contributed by atoms with Crippen LogP contribution in [0.5, 0.6) is 5.75 Å². The molecule has 0 unspecified atom stereocenters. The van der Waals surface area contributed by atoms with Gasteiger partial charge in [-0.2, -0.15) is 18.4 Å². The Hall–Kier alpha value is -3.54. The number of pyridine rings is 2. The van der Waals surface area contributed by atoms with E-state index in [1.807, 2.05) is 19.9 Å². The van der Waals surface area contributed by atoms with Crippen molar-refractivity contribution >= 4 is 16.7 Å². The summed E-state index contributed by atoms with van der Waals surface area (Å²) in [6, 6.07) is 11.8. The Morgan fingerprint density at radius 1 is 1.24 bits per heavy atom. The Balaban J connectivity index is 1.66. The highest BCUT2D eigenvalue weighted by Crippen LogP contribution is 2.36. The van der Waals surface area contributed by atoms with Gasteiger partial charge < -0.3 is 14.2 Å². The summed E-state index contributed by atoms with van der Waals surface area (Å²) in [7, 11) is 1.66. The molecule has 1 fully saturated rings. The van der Waals surface area contributed by atoms with Crippen LogP contribution in [0.25, 0.3) is 11.0 Å². The fourth-order valence-corrected chi connectivity index (χ4v) is 4.59. The van der Waals surface area contributed by atoms with E-state index < -0.39 is 11.7 Å². The molecule has 1 aliphatic rings. The van der Waals surface area contributed by atoms with Crippen molar-refractivity contribution < 1.29 is 17.9 Å². The lowest BCUT2D eigenvalue weighted by molar-refractivity contribution is -0.137. The number of piperidine rings is 1. The van der Waals surface area contributed by atoms with E-state index in [0.29, 0.717) is 29.7 Å². The molecule has 3 aromatic rings. The number of rotatable bonds is 4. The average Bonchev–Trinajstić information content (AvgIpc) is 2.81. The van der Waals surface area contributed by atoms with Crippen molar-refractivity contribution in [2.24, 2.45) is 13.0 Å². The van der Waals surface area contributed by atoms with Gasteiger partial charge >= 0.3 is 6.18 Å². The highest BCUT2D eigenvalue weighted by molar-refractivity contribution is 5.89. The Morgan fingerprint density at radius 2 is 2.00 bits per heavy atom. The van der Waals surface area contributed by atoms with Crippen molar-refractivity contribution in [3.8, 4) is 11.8 Å². The fourth-order valence-electron chi connectivity index (χ4n) is 4.59. The zero-order valence-electron chi connectivity index (χ0n) is 19.1. The highest BCUT2D eigenvalue weighted by Gasteiger charge is 2.36. The molecular formula is C25H25F3N4O2. The molecule has 1 saturated heterocycles. The third-order valence-electron chi connectivity index (χ3n) is 6.53. The number of anilines is 1. The first kappa shape index (κ1) is 23.6. The van der Waals surface area contributed by atoms with Crippen molar-refractivity contribution in [1.82, 2.24) is 9.55 Å². The molecule has 0 spiro atoms. The quantitative estimate of drug-likeness (QED) is 0.543. The Bertz CT molecular complexity index is 1310. The van der Waals surface area contributed by atoms with E-state index in [9.17, 15) is 23.2 Å². The van der Waals surface area contributed by atoms with Gasteiger partial charge in [0.2, 0.25) is 0 Å². The number of alkyl halides is 3. The van der Waals surface area contributed by atoms with E-state index in [2.05, 4.69) is 9.88 Å². The van der Waals surface area contributed by atoms with Crippen molar-refractivity contribution in [2.45, 2.75) is 45.0 Å². The number of aromatic nitrogens is 2. The summed E-state index contributed by atoms with van der Waals surface area (Å²) in [4.78, 5) is 19.2. The number of aryl methyl sites for hydroxylation is 1. The second-order valence-corrected chi connectivity index (χ2v) is 8.69. The van der Waals surface area contributed by atoms with E-state index in [1.54, 1.807) is 25.2 Å². The molecule has 178 valence electrons. The maximum atomic E-state index is 13.1. The summed E-state index contributed by atoms with van der Waals surface area (Å²) in [6.45, 7) is 4.54. The van der Waals surface area contributed by atoms with Gasteiger partial charge in [0.25, 0.3) is 5.56 Å². The van der Waals surface area contributed by atoms with Crippen LogP contribution in [-0.2, 0) is 13.2 Å². The summed E-state index contributed by atoms with van der Waals surface area (Å²) in [5, 5.41) is 9.32. The van der Waals surface area contributed by atoms with Crippen molar-refractivity contribution in [2.75, 3.05) is 11.4 Å². The lowest BCUT2D eigenvalue weighted by atomic mass is 9.87. The van der Waals surface area contributed by atoms with Gasteiger partial charge in [-0.15, -0.1) is 0 Å². The van der Waals surface area contributed by atoms with E-state index in [4.69, 9.17) is 4.74 Å². The van der Waals surface area contributed by atoms with Gasteiger partial charge in [0, 0.05) is 38.0 Å². The van der Waals surface area contributed by atoms with Crippen molar-refractivity contribution in [3.63, 3.8) is 0 Å². The summed E-state index contributed by atoms with van der Waals surface area (Å²) in [5.41, 5.74) is 1.18. The second kappa shape index (κ2) is 9.01. The molecule has 0 saturated carbocycles. The first-order valence-corrected chi connectivity index (χ1v) is 11.1. The number of nitrogens with zero attached hydrogens (tertiary/aromatic N) is 4. The Labute approximate surface area is 195 Å². The van der Waals surface area contributed by atoms with Gasteiger partial charge in [0.15, 0.2) is 0 Å². The van der Waals surface area contributed by atoms with Crippen LogP contribution in [-0.4, -0.2) is 28.2 Å². The molecule has 0 bridgehead atoms. The monoisotopic (exact) mass is 470 g/mol. The molecular weight excluding hydrogens is 445 g/mol. The summed E-state index contributed by atoms with van der Waals surface area (Å²) < 4.78 is 46.9. The first-order chi connectivity index (χ1) is 16.1. The summed E-state index contributed by atoms with van der Waals surface area (Å²) >= 11 is 0. The molecule has 0 aliphatic carbocycles. The molecule has 4 rings (SSSR count). The molecule has 1 aromatic carbocycles. The number of fused-ring (bicyclic) bond motifs is 1. The van der Waals surface area contributed by atoms with Crippen LogP contribution in [0.15, 0.2) is 47.3 Å². The van der Waals surface area contributed by atoms with Crippen LogP contribution in [0.4, 0.5) is 18.9 Å². The zero-order chi connectivity index (χ0) is 24.6. The van der Waals surface area contributed by atoms with Gasteiger partial charge in [0.05, 0.1) is 16.8 Å². The molecule has 0 radical (unpaired) electrons. The predicted octanol–water partition coefficient (Wildman–Crippen LogP) is 4.90. The SMILES string of the molecule is CC[C@@H]1CN(c2cc(=O)n(C)c3ccc(C#N)nc23)[C@H](C)C[C@H]1Oc1cccc(C(F)(F)F)c1. The topological polar surface area (TPSA) is 71.2 Å². The lowest BCUT2D eigenvalue weighted by Gasteiger charge is -2.44. The molecule has 0 N–H and O–H groups in total. The van der Waals surface area contributed by atoms with E-state index in [1.165, 1.54) is 16.7 Å². The standard InChI is InChI=1S/C25H25F3N4O2/c1-4-16-14-32(21-12-23(33)31(3)20-9-8-18(13-29)30-24(20)21)15(2)10-22(16)34-19-7-5-6-17(11-19)25(26,27)28/h5-9,11-12,15-16,22H,4,10,14H2,1-3H3/t15-,16-,22-/m1/s1. The Kier molecular flexibility index (Phi) is 6.26. The molecule has 3 heterocycles. The van der Waals surface area contributed by atoms with Gasteiger partial charge in [-0.3, -0.25) is 4.79 Å². The minimum Gasteiger partial charge on any atom is -0.490 e. The van der Waals surface area contributed by atoms with E-state index in [0.717, 1.165) is 18.6 Å². The fraction of sp³-hybridized carbons (Fsp3) is 0.400. The number of hydrogen-bond acceptors (Lipinski definition) is 5. The molecule has 6 nitrogen and oxygen atoms in total. The first-order valence-electron chi connectivity index (χ1n) is 11.1. The lowest BCUT2D eigenvalue weighted by Crippen LogP contribution is -2.50. The van der Waals surface area contributed by atoms with Crippen LogP contribution in [0, 0.1) is 17.2 Å². The molecule has 1 aliphatic heterocycles. The third kappa shape index (κ3) is 4.45. The second-order valence-electron chi connectivity index (χ2n) is 8.69. The molecule has 0 amide bonds. The van der Waals surface area contributed by atoms with Crippen LogP contribution < -0.4 is 15.2 Å². The minimum absolute atomic E-state index is 0.0176. The average molecular weight is 470 g/mol. The van der Waals surface area contributed by atoms with Gasteiger partial charge in [0.1, 0.15) is 29.1 Å². The number of hydrogen-bond donors (Lipinski definition) is 0. The van der Waals surface area contributed by atoms with Crippen molar-refractivity contribution in [3.05, 3.63) is 64.1 Å². The minimum atomic E-state index is -4.43. The van der Waals surface area contributed by atoms with Crippen LogP contribution in [0.2, 0.25) is 0 Å². The smallest absolute Gasteiger partial charge is 0.416 e. The normalized spacial score (nSPS) is 20.9. The number of ether oxygens (including phenoxy) is 1. The maximum Gasteiger partial charge on any atom is 0.416 e. The van der Waals surface area contributed by atoms with E-state index >= 15 is 0 Å². The zero-order valence-corrected chi connectivity index (χ0v) is 19.1. The van der Waals surface area contributed by atoms with Crippen LogP contribution in [0.3, 0.4) is 0 Å². The molecule has 34 heavy (non-hydrogen) atoms. The van der Waals surface area contributed by atoms with E-state index in [-0.39, 0.29) is 35.1 Å². The molecule has 9 heteroatoms. The molecule has 2 aromatic heterocycles. The summed E-state index contributed by atoms with van der Waals surface area (Å²) in [5.74, 6) is 0.210. The summed E-state index contributed by atoms with van der Waals surface area (Å²) in [6.07, 6.45) is -3.41. The van der Waals surface area contributed by atoms with Crippen molar-refractivity contribution in [1.29, 1.82) is 5.26 Å². The largest absolute Gasteiger partial charge is 0.490 e. The van der Waals surface area contributed by atoms with Gasteiger partial charge in [-0.05, 0) is 43.7 Å². The number of benzene rings is 1. The van der Waals surface area contributed by atoms with Crippen LogP contribution in [0.1, 0.15) is 37.9 Å². The number of halogens is 3.